The predicted octanol–water partition coefficient (Wildman–Crippen LogP) is 3.60. The number of imidazole rings is 1. The summed E-state index contributed by atoms with van der Waals surface area (Å²) in [7, 11) is -3.79. The number of primary sulfonamides is 1. The summed E-state index contributed by atoms with van der Waals surface area (Å²) in [6, 6.07) is 8.68. The molecule has 3 aromatic rings. The van der Waals surface area contributed by atoms with Crippen LogP contribution in [0.25, 0.3) is 11.0 Å². The smallest absolute Gasteiger partial charge is 0.238 e. The number of Topliss-reactive ketones (excluding diaryl/α,β-unsaturated/α-hetero) is 1. The maximum atomic E-state index is 12.8. The van der Waals surface area contributed by atoms with E-state index in [4.69, 9.17) is 5.14 Å². The Morgan fingerprint density at radius 3 is 2.36 bits per heavy atom. The zero-order valence-electron chi connectivity index (χ0n) is 16.3. The molecule has 1 aromatic heterocycles. The molecule has 0 unspecified atom stereocenters. The molecule has 0 fully saturated rings. The Labute approximate surface area is 169 Å². The van der Waals surface area contributed by atoms with Gasteiger partial charge < -0.3 is 4.57 Å². The molecule has 0 aliphatic carbocycles. The Kier molecular flexibility index (Phi) is 5.65. The summed E-state index contributed by atoms with van der Waals surface area (Å²) in [5, 5.41) is 5.90. The number of nitrogens with zero attached hydrogens (tertiary/aromatic N) is 2. The predicted molar refractivity (Wildman–Crippen MR) is 112 cm³/mol. The molecule has 0 radical (unpaired) electrons. The van der Waals surface area contributed by atoms with E-state index in [2.05, 4.69) is 4.98 Å². The van der Waals surface area contributed by atoms with Gasteiger partial charge in [0.15, 0.2) is 10.9 Å². The van der Waals surface area contributed by atoms with Gasteiger partial charge in [0.1, 0.15) is 0 Å². The first kappa shape index (κ1) is 20.6. The number of aryl methyl sites for hydroxylation is 4. The topological polar surface area (TPSA) is 95.0 Å². The van der Waals surface area contributed by atoms with Crippen LogP contribution >= 0.6 is 11.8 Å². The van der Waals surface area contributed by atoms with Crippen molar-refractivity contribution in [2.24, 2.45) is 5.14 Å². The summed E-state index contributed by atoms with van der Waals surface area (Å²) in [6.07, 6.45) is 0. The third-order valence-electron chi connectivity index (χ3n) is 4.62. The molecule has 0 saturated carbocycles. The molecule has 28 heavy (non-hydrogen) atoms. The van der Waals surface area contributed by atoms with E-state index in [0.717, 1.165) is 27.8 Å². The fourth-order valence-electron chi connectivity index (χ4n) is 3.50. The summed E-state index contributed by atoms with van der Waals surface area (Å²) < 4.78 is 25.1. The van der Waals surface area contributed by atoms with Crippen LogP contribution in [0.5, 0.6) is 0 Å². The lowest BCUT2D eigenvalue weighted by atomic mass is 9.97. The van der Waals surface area contributed by atoms with Crippen molar-refractivity contribution in [2.45, 2.75) is 44.3 Å². The second-order valence-corrected chi connectivity index (χ2v) is 9.32. The average Bonchev–Trinajstić information content (AvgIpc) is 2.94. The molecule has 0 spiro atoms. The minimum absolute atomic E-state index is 0.0271. The highest BCUT2D eigenvalue weighted by atomic mass is 32.2. The van der Waals surface area contributed by atoms with Crippen molar-refractivity contribution >= 4 is 38.6 Å². The number of hydrogen-bond donors (Lipinski definition) is 1. The van der Waals surface area contributed by atoms with Gasteiger partial charge in [0.2, 0.25) is 10.0 Å². The molecule has 0 saturated heterocycles. The first-order chi connectivity index (χ1) is 13.1. The van der Waals surface area contributed by atoms with Crippen LogP contribution < -0.4 is 5.14 Å². The summed E-state index contributed by atoms with van der Waals surface area (Å²) in [4.78, 5) is 17.4. The van der Waals surface area contributed by atoms with Crippen LogP contribution in [0.3, 0.4) is 0 Å². The molecule has 148 valence electrons. The monoisotopic (exact) mass is 417 g/mol. The first-order valence-corrected chi connectivity index (χ1v) is 11.4. The number of thioether (sulfide) groups is 1. The highest BCUT2D eigenvalue weighted by Crippen LogP contribution is 2.27. The van der Waals surface area contributed by atoms with Gasteiger partial charge in [0.05, 0.1) is 21.7 Å². The van der Waals surface area contributed by atoms with E-state index in [9.17, 15) is 13.2 Å². The van der Waals surface area contributed by atoms with E-state index in [0.29, 0.717) is 17.2 Å². The van der Waals surface area contributed by atoms with E-state index < -0.39 is 10.0 Å². The maximum absolute atomic E-state index is 12.8. The van der Waals surface area contributed by atoms with Crippen LogP contribution in [-0.4, -0.2) is 29.5 Å². The van der Waals surface area contributed by atoms with Crippen LogP contribution in [0.2, 0.25) is 0 Å². The van der Waals surface area contributed by atoms with E-state index in [1.54, 1.807) is 6.07 Å². The molecule has 1 heterocycles. The number of carbonyl (C=O) groups excluding carboxylic acids is 1. The van der Waals surface area contributed by atoms with Gasteiger partial charge in [-0.15, -0.1) is 0 Å². The highest BCUT2D eigenvalue weighted by molar-refractivity contribution is 7.99. The van der Waals surface area contributed by atoms with Crippen molar-refractivity contribution in [3.05, 3.63) is 52.6 Å². The van der Waals surface area contributed by atoms with Crippen LogP contribution in [0.4, 0.5) is 0 Å². The molecule has 0 amide bonds. The molecule has 2 N–H and O–H groups in total. The number of carbonyl (C=O) groups is 1. The molecule has 6 nitrogen and oxygen atoms in total. The maximum Gasteiger partial charge on any atom is 0.238 e. The molecule has 2 aromatic carbocycles. The minimum Gasteiger partial charge on any atom is -0.319 e. The zero-order chi connectivity index (χ0) is 20.6. The second-order valence-electron chi connectivity index (χ2n) is 6.82. The normalized spacial score (nSPS) is 11.9. The van der Waals surface area contributed by atoms with E-state index >= 15 is 0 Å². The van der Waals surface area contributed by atoms with Gasteiger partial charge in [-0.2, -0.15) is 0 Å². The number of aromatic nitrogens is 2. The number of sulfonamides is 1. The summed E-state index contributed by atoms with van der Waals surface area (Å²) >= 11 is 1.36. The Morgan fingerprint density at radius 2 is 1.79 bits per heavy atom. The van der Waals surface area contributed by atoms with Gasteiger partial charge in [0, 0.05) is 12.1 Å². The Bertz CT molecular complexity index is 1160. The summed E-state index contributed by atoms with van der Waals surface area (Å²) in [6.45, 7) is 8.56. The molecule has 0 bridgehead atoms. The number of rotatable bonds is 6. The van der Waals surface area contributed by atoms with E-state index in [1.165, 1.54) is 23.9 Å². The van der Waals surface area contributed by atoms with Gasteiger partial charge in [0.25, 0.3) is 0 Å². The lowest BCUT2D eigenvalue weighted by Crippen LogP contribution is -2.11. The number of ketones is 1. The van der Waals surface area contributed by atoms with Gasteiger partial charge in [-0.25, -0.2) is 18.5 Å². The van der Waals surface area contributed by atoms with Crippen molar-refractivity contribution in [3.8, 4) is 0 Å². The number of benzene rings is 2. The number of hydrogen-bond acceptors (Lipinski definition) is 5. The van der Waals surface area contributed by atoms with Crippen molar-refractivity contribution in [2.75, 3.05) is 5.75 Å². The van der Waals surface area contributed by atoms with Crippen LogP contribution in [0, 0.1) is 20.8 Å². The van der Waals surface area contributed by atoms with Gasteiger partial charge in [-0.05, 0) is 57.0 Å². The molecule has 0 aliphatic rings. The number of fused-ring (bicyclic) bond motifs is 1. The van der Waals surface area contributed by atoms with Crippen molar-refractivity contribution in [1.29, 1.82) is 0 Å². The van der Waals surface area contributed by atoms with Crippen molar-refractivity contribution in [3.63, 3.8) is 0 Å². The van der Waals surface area contributed by atoms with Gasteiger partial charge in [-0.3, -0.25) is 4.79 Å². The largest absolute Gasteiger partial charge is 0.319 e. The Morgan fingerprint density at radius 1 is 1.14 bits per heavy atom. The Balaban J connectivity index is 1.91. The van der Waals surface area contributed by atoms with E-state index in [1.807, 2.05) is 44.4 Å². The lowest BCUT2D eigenvalue weighted by molar-refractivity contribution is 0.102. The molecular weight excluding hydrogens is 394 g/mol. The van der Waals surface area contributed by atoms with Crippen LogP contribution in [-0.2, 0) is 16.6 Å². The SMILES string of the molecule is CCn1c(SCC(=O)c2c(C)cc(C)cc2C)nc2cc(S(N)(=O)=O)ccc21. The number of nitrogens with two attached hydrogens (primary N) is 1. The first-order valence-electron chi connectivity index (χ1n) is 8.88. The van der Waals surface area contributed by atoms with Crippen LogP contribution in [0.15, 0.2) is 40.4 Å². The van der Waals surface area contributed by atoms with Gasteiger partial charge >= 0.3 is 0 Å². The summed E-state index contributed by atoms with van der Waals surface area (Å²) in [5.41, 5.74) is 5.21. The fraction of sp³-hybridized carbons (Fsp3) is 0.300. The zero-order valence-corrected chi connectivity index (χ0v) is 17.9. The van der Waals surface area contributed by atoms with Crippen molar-refractivity contribution in [1.82, 2.24) is 9.55 Å². The molecular formula is C20H23N3O3S2. The third kappa shape index (κ3) is 3.99. The van der Waals surface area contributed by atoms with Crippen molar-refractivity contribution < 1.29 is 13.2 Å². The molecule has 3 rings (SSSR count). The fourth-order valence-corrected chi connectivity index (χ4v) is 4.99. The highest BCUT2D eigenvalue weighted by Gasteiger charge is 2.17. The quantitative estimate of drug-likeness (QED) is 0.488. The van der Waals surface area contributed by atoms with Crippen LogP contribution in [0.1, 0.15) is 34.0 Å². The Hall–Kier alpha value is -2.16. The van der Waals surface area contributed by atoms with Gasteiger partial charge in [-0.1, -0.05) is 29.5 Å². The van der Waals surface area contributed by atoms with E-state index in [-0.39, 0.29) is 16.4 Å². The minimum atomic E-state index is -3.79. The second kappa shape index (κ2) is 7.69. The lowest BCUT2D eigenvalue weighted by Gasteiger charge is -2.10. The molecule has 8 heteroatoms. The summed E-state index contributed by atoms with van der Waals surface area (Å²) in [5.74, 6) is 0.316. The molecule has 0 aliphatic heterocycles. The standard InChI is InChI=1S/C20H23N3O3S2/c1-5-23-17-7-6-15(28(21,25)26)10-16(17)22-20(23)27-11-18(24)19-13(3)8-12(2)9-14(19)4/h6-10H,5,11H2,1-4H3,(H2,21,25,26). The molecule has 0 atom stereocenters. The third-order valence-corrected chi connectivity index (χ3v) is 6.51. The average molecular weight is 418 g/mol.